The van der Waals surface area contributed by atoms with Crippen LogP contribution in [0.25, 0.3) is 0 Å². The number of fused-ring (bicyclic) bond motifs is 3. The fourth-order valence-electron chi connectivity index (χ4n) is 8.97. The van der Waals surface area contributed by atoms with Gasteiger partial charge in [0.25, 0.3) is 0 Å². The van der Waals surface area contributed by atoms with Crippen molar-refractivity contribution < 1.29 is 14.6 Å². The van der Waals surface area contributed by atoms with Gasteiger partial charge in [0.1, 0.15) is 11.9 Å². The largest absolute Gasteiger partial charge is 0.504 e. The van der Waals surface area contributed by atoms with Crippen molar-refractivity contribution in [3.63, 3.8) is 0 Å². The molecule has 8 heteroatoms. The molecule has 1 aromatic heterocycles. The zero-order valence-electron chi connectivity index (χ0n) is 20.3. The number of rotatable bonds is 4. The molecule has 7 nitrogen and oxygen atoms in total. The van der Waals surface area contributed by atoms with E-state index in [2.05, 4.69) is 25.8 Å². The van der Waals surface area contributed by atoms with Crippen molar-refractivity contribution in [2.75, 3.05) is 19.6 Å². The van der Waals surface area contributed by atoms with Gasteiger partial charge < -0.3 is 14.7 Å². The average molecular weight is 507 g/mol. The minimum atomic E-state index is -0.131. The van der Waals surface area contributed by atoms with Gasteiger partial charge in [-0.25, -0.2) is 9.97 Å². The van der Waals surface area contributed by atoms with E-state index >= 15 is 0 Å². The van der Waals surface area contributed by atoms with Crippen molar-refractivity contribution in [3.8, 4) is 11.5 Å². The molecule has 0 unspecified atom stereocenters. The van der Waals surface area contributed by atoms with E-state index < -0.39 is 0 Å². The molecular weight excluding hydrogens is 476 g/mol. The molecule has 5 atom stereocenters. The van der Waals surface area contributed by atoms with Crippen LogP contribution in [0.2, 0.25) is 5.02 Å². The monoisotopic (exact) mass is 506 g/mol. The van der Waals surface area contributed by atoms with Crippen LogP contribution in [0.15, 0.2) is 24.5 Å². The van der Waals surface area contributed by atoms with Gasteiger partial charge in [-0.05, 0) is 69.0 Å². The third-order valence-corrected chi connectivity index (χ3v) is 10.7. The van der Waals surface area contributed by atoms with Crippen molar-refractivity contribution in [1.82, 2.24) is 19.8 Å². The van der Waals surface area contributed by atoms with Crippen molar-refractivity contribution in [3.05, 3.63) is 46.5 Å². The lowest BCUT2D eigenvalue weighted by molar-refractivity contribution is -0.143. The van der Waals surface area contributed by atoms with E-state index in [0.29, 0.717) is 22.6 Å². The molecule has 4 bridgehead atoms. The van der Waals surface area contributed by atoms with E-state index in [4.69, 9.17) is 16.3 Å². The fraction of sp³-hybridized carbons (Fsp3) is 0.607. The van der Waals surface area contributed by atoms with Gasteiger partial charge in [0.05, 0.1) is 17.5 Å². The van der Waals surface area contributed by atoms with Crippen LogP contribution >= 0.6 is 11.6 Å². The Labute approximate surface area is 215 Å². The summed E-state index contributed by atoms with van der Waals surface area (Å²) in [6.45, 7) is 3.03. The molecule has 2 saturated carbocycles. The maximum atomic E-state index is 13.7. The molecule has 9 rings (SSSR count). The highest BCUT2D eigenvalue weighted by atomic mass is 35.5. The number of carbonyl (C=O) groups excluding carboxylic acids is 1. The van der Waals surface area contributed by atoms with Crippen molar-refractivity contribution >= 4 is 17.5 Å². The summed E-state index contributed by atoms with van der Waals surface area (Å²) in [7, 11) is 0. The molecule has 1 aromatic carbocycles. The molecule has 0 radical (unpaired) electrons. The number of ether oxygens (including phenoxy) is 1. The smallest absolute Gasteiger partial charge is 0.230 e. The van der Waals surface area contributed by atoms with Crippen LogP contribution in [0.4, 0.5) is 0 Å². The van der Waals surface area contributed by atoms with Crippen LogP contribution in [0.3, 0.4) is 0 Å². The number of piperidine rings is 1. The lowest BCUT2D eigenvalue weighted by Crippen LogP contribution is -2.72. The van der Waals surface area contributed by atoms with Gasteiger partial charge in [-0.15, -0.1) is 0 Å². The van der Waals surface area contributed by atoms with E-state index in [1.807, 2.05) is 6.07 Å². The molecule has 1 amide bonds. The highest BCUT2D eigenvalue weighted by Crippen LogP contribution is 2.71. The van der Waals surface area contributed by atoms with Crippen LogP contribution in [0.5, 0.6) is 11.5 Å². The number of benzene rings is 1. The normalized spacial score (nSPS) is 35.8. The van der Waals surface area contributed by atoms with E-state index in [1.165, 1.54) is 30.5 Å². The Morgan fingerprint density at radius 3 is 2.78 bits per heavy atom. The number of halogens is 1. The molecule has 5 fully saturated rings. The van der Waals surface area contributed by atoms with Crippen LogP contribution in [-0.4, -0.2) is 68.6 Å². The van der Waals surface area contributed by atoms with E-state index in [1.54, 1.807) is 12.4 Å². The molecule has 1 N–H and O–H groups in total. The Balaban J connectivity index is 1.23. The standard InChI is InChI=1S/C28H31ClN4O3/c29-18-13-30-22(31-14-18)12-23(35)33-10-7-27-6-5-19(33)26-28(27)8-9-32(15-16-1-2-16)21(27)11-17-3-4-20(34)25(36-26)24(17)28/h3-4,13-14,16,19,21,26,34H,1-2,5-12,15H2/t19-,21+,26+,27-,28+/m1/s1. The second-order valence-electron chi connectivity index (χ2n) is 12.0. The molecule has 5 heterocycles. The number of nitrogens with zero attached hydrogens (tertiary/aromatic N) is 4. The lowest BCUT2D eigenvalue weighted by Gasteiger charge is -2.66. The summed E-state index contributed by atoms with van der Waals surface area (Å²) in [5.74, 6) is 2.35. The van der Waals surface area contributed by atoms with Gasteiger partial charge in [0, 0.05) is 47.9 Å². The number of amides is 1. The number of likely N-dealkylation sites (tertiary alicyclic amines) is 1. The van der Waals surface area contributed by atoms with E-state index in [9.17, 15) is 9.90 Å². The summed E-state index contributed by atoms with van der Waals surface area (Å²) < 4.78 is 6.78. The Morgan fingerprint density at radius 2 is 1.97 bits per heavy atom. The molecule has 188 valence electrons. The highest BCUT2D eigenvalue weighted by molar-refractivity contribution is 6.30. The third-order valence-electron chi connectivity index (χ3n) is 10.5. The minimum Gasteiger partial charge on any atom is -0.504 e. The lowest BCUT2D eigenvalue weighted by atomic mass is 9.42. The second kappa shape index (κ2) is 7.35. The number of phenolic OH excluding ortho intramolecular Hbond substituents is 1. The van der Waals surface area contributed by atoms with Crippen LogP contribution in [0, 0.1) is 11.3 Å². The first-order valence-corrected chi connectivity index (χ1v) is 13.9. The van der Waals surface area contributed by atoms with Crippen molar-refractivity contribution in [2.45, 2.75) is 75.0 Å². The van der Waals surface area contributed by atoms with Gasteiger partial charge in [-0.3, -0.25) is 9.69 Å². The van der Waals surface area contributed by atoms with Crippen molar-refractivity contribution in [2.24, 2.45) is 11.3 Å². The van der Waals surface area contributed by atoms with Gasteiger partial charge in [-0.1, -0.05) is 17.7 Å². The van der Waals surface area contributed by atoms with Gasteiger partial charge >= 0.3 is 0 Å². The predicted octanol–water partition coefficient (Wildman–Crippen LogP) is 3.50. The van der Waals surface area contributed by atoms with Crippen LogP contribution in [-0.2, 0) is 23.1 Å². The second-order valence-corrected chi connectivity index (χ2v) is 12.4. The Hall–Kier alpha value is -2.38. The summed E-state index contributed by atoms with van der Waals surface area (Å²) in [6.07, 6.45) is 11.0. The summed E-state index contributed by atoms with van der Waals surface area (Å²) >= 11 is 5.96. The topological polar surface area (TPSA) is 78.8 Å². The Morgan fingerprint density at radius 1 is 1.14 bits per heavy atom. The summed E-state index contributed by atoms with van der Waals surface area (Å²) in [6, 6.07) is 4.42. The van der Waals surface area contributed by atoms with Crippen LogP contribution < -0.4 is 4.74 Å². The number of phenols is 1. The molecule has 36 heavy (non-hydrogen) atoms. The molecular formula is C28H31ClN4O3. The first-order valence-electron chi connectivity index (χ1n) is 13.5. The molecule has 2 spiro atoms. The Kier molecular flexibility index (Phi) is 4.43. The van der Waals surface area contributed by atoms with Crippen molar-refractivity contribution in [1.29, 1.82) is 0 Å². The fourth-order valence-corrected chi connectivity index (χ4v) is 9.06. The molecule has 7 aliphatic rings. The predicted molar refractivity (Wildman–Crippen MR) is 133 cm³/mol. The number of hydrogen-bond donors (Lipinski definition) is 1. The number of aromatic nitrogens is 2. The highest BCUT2D eigenvalue weighted by Gasteiger charge is 2.74. The SMILES string of the molecule is O=C(Cc1ncc(Cl)cn1)N1CC[C@@]23CC[C@@H]1[C@@H]1Oc4c(O)ccc5c4[C@@]12CCN(CC1CC1)[C@H]3C5. The maximum absolute atomic E-state index is 13.7. The average Bonchev–Trinajstić information content (AvgIpc) is 3.66. The van der Waals surface area contributed by atoms with Crippen LogP contribution in [0.1, 0.15) is 55.5 Å². The Bertz CT molecular complexity index is 1270. The van der Waals surface area contributed by atoms with Gasteiger partial charge in [0.2, 0.25) is 5.91 Å². The zero-order chi connectivity index (χ0) is 24.2. The zero-order valence-corrected chi connectivity index (χ0v) is 21.1. The number of aromatic hydroxyl groups is 1. The van der Waals surface area contributed by atoms with E-state index in [-0.39, 0.29) is 41.1 Å². The quantitative estimate of drug-likeness (QED) is 0.684. The molecule has 3 aliphatic carbocycles. The first kappa shape index (κ1) is 21.7. The summed E-state index contributed by atoms with van der Waals surface area (Å²) in [5, 5.41) is 11.4. The summed E-state index contributed by atoms with van der Waals surface area (Å²) in [4.78, 5) is 27.2. The number of carbonyl (C=O) groups is 1. The summed E-state index contributed by atoms with van der Waals surface area (Å²) in [5.41, 5.74) is 2.56. The third kappa shape index (κ3) is 2.71. The minimum absolute atomic E-state index is 0.00573. The first-order chi connectivity index (χ1) is 17.5. The maximum Gasteiger partial charge on any atom is 0.230 e. The van der Waals surface area contributed by atoms with Gasteiger partial charge in [0.15, 0.2) is 11.5 Å². The van der Waals surface area contributed by atoms with E-state index in [0.717, 1.165) is 51.1 Å². The number of hydrogen-bond acceptors (Lipinski definition) is 6. The molecule has 2 aromatic rings. The molecule has 4 aliphatic heterocycles. The molecule has 3 saturated heterocycles. The van der Waals surface area contributed by atoms with Gasteiger partial charge in [-0.2, -0.15) is 0 Å².